The molecule has 152 valence electrons. The van der Waals surface area contributed by atoms with Crippen LogP contribution in [0.2, 0.25) is 0 Å². The van der Waals surface area contributed by atoms with Gasteiger partial charge in [0.1, 0.15) is 6.04 Å². The lowest BCUT2D eigenvalue weighted by molar-refractivity contribution is -0.145. The number of rotatable bonds is 6. The van der Waals surface area contributed by atoms with E-state index >= 15 is 0 Å². The van der Waals surface area contributed by atoms with E-state index in [9.17, 15) is 14.4 Å². The minimum Gasteiger partial charge on any atom is -0.467 e. The molecule has 7 nitrogen and oxygen atoms in total. The van der Waals surface area contributed by atoms with Crippen molar-refractivity contribution in [3.05, 3.63) is 35.4 Å². The number of nitrogens with one attached hydrogen (secondary N) is 1. The van der Waals surface area contributed by atoms with Crippen LogP contribution >= 0.6 is 0 Å². The van der Waals surface area contributed by atoms with E-state index in [1.54, 1.807) is 20.1 Å². The molecule has 0 saturated heterocycles. The Morgan fingerprint density at radius 1 is 1.25 bits per heavy atom. The van der Waals surface area contributed by atoms with Crippen LogP contribution in [0.15, 0.2) is 24.3 Å². The molecule has 1 spiro atoms. The zero-order valence-electron chi connectivity index (χ0n) is 16.7. The Morgan fingerprint density at radius 2 is 1.93 bits per heavy atom. The van der Waals surface area contributed by atoms with E-state index in [0.29, 0.717) is 18.7 Å². The standard InChI is InChI=1S/C21H28N2O5/c1-14(20(26)28-3)22-18(24)17-15-8-4-5-9-16(15)19(25)23(12-13-27-2)21(17)10-6-7-11-21/h4-5,8-9,14,17H,6-7,10-13H2,1-3H3,(H,22,24)/t14-,17?/m0/s1. The Balaban J connectivity index is 2.05. The van der Waals surface area contributed by atoms with Gasteiger partial charge in [0.25, 0.3) is 5.91 Å². The molecule has 0 radical (unpaired) electrons. The topological polar surface area (TPSA) is 84.9 Å². The first-order valence-electron chi connectivity index (χ1n) is 9.74. The quantitative estimate of drug-likeness (QED) is 0.752. The summed E-state index contributed by atoms with van der Waals surface area (Å²) in [6, 6.07) is 6.53. The Labute approximate surface area is 165 Å². The zero-order chi connectivity index (χ0) is 20.3. The van der Waals surface area contributed by atoms with Gasteiger partial charge in [0.15, 0.2) is 0 Å². The van der Waals surface area contributed by atoms with Crippen LogP contribution in [0, 0.1) is 0 Å². The molecule has 1 fully saturated rings. The molecule has 1 unspecified atom stereocenters. The molecule has 0 bridgehead atoms. The van der Waals surface area contributed by atoms with Gasteiger partial charge in [-0.05, 0) is 31.4 Å². The predicted octanol–water partition coefficient (Wildman–Crippen LogP) is 1.86. The number of carbonyl (C=O) groups is 3. The van der Waals surface area contributed by atoms with E-state index in [1.165, 1.54) is 7.11 Å². The van der Waals surface area contributed by atoms with E-state index in [1.807, 2.05) is 23.1 Å². The van der Waals surface area contributed by atoms with Crippen LogP contribution in [0.5, 0.6) is 0 Å². The fourth-order valence-electron chi connectivity index (χ4n) is 4.71. The van der Waals surface area contributed by atoms with Crippen LogP contribution in [0.3, 0.4) is 0 Å². The Kier molecular flexibility index (Phi) is 6.03. The zero-order valence-corrected chi connectivity index (χ0v) is 16.7. The fraction of sp³-hybridized carbons (Fsp3) is 0.571. The third kappa shape index (κ3) is 3.39. The van der Waals surface area contributed by atoms with Crippen LogP contribution in [0.4, 0.5) is 0 Å². The molecular formula is C21H28N2O5. The van der Waals surface area contributed by atoms with Gasteiger partial charge in [-0.15, -0.1) is 0 Å². The van der Waals surface area contributed by atoms with Crippen molar-refractivity contribution in [1.82, 2.24) is 10.2 Å². The number of fused-ring (bicyclic) bond motifs is 1. The van der Waals surface area contributed by atoms with Gasteiger partial charge in [0.2, 0.25) is 5.91 Å². The molecule has 0 aromatic heterocycles. The first-order chi connectivity index (χ1) is 13.5. The molecular weight excluding hydrogens is 360 g/mol. The van der Waals surface area contributed by atoms with E-state index in [-0.39, 0.29) is 11.8 Å². The highest BCUT2D eigenvalue weighted by molar-refractivity contribution is 6.02. The molecule has 2 amide bonds. The minimum absolute atomic E-state index is 0.0559. The summed E-state index contributed by atoms with van der Waals surface area (Å²) < 4.78 is 9.98. The first-order valence-corrected chi connectivity index (χ1v) is 9.74. The number of methoxy groups -OCH3 is 2. The fourth-order valence-corrected chi connectivity index (χ4v) is 4.71. The normalized spacial score (nSPS) is 21.3. The van der Waals surface area contributed by atoms with Crippen molar-refractivity contribution in [3.63, 3.8) is 0 Å². The molecule has 1 heterocycles. The lowest BCUT2D eigenvalue weighted by atomic mass is 9.71. The van der Waals surface area contributed by atoms with Crippen LogP contribution in [-0.2, 0) is 19.1 Å². The number of benzene rings is 1. The summed E-state index contributed by atoms with van der Waals surface area (Å²) in [5.41, 5.74) is 0.684. The molecule has 2 aliphatic rings. The molecule has 28 heavy (non-hydrogen) atoms. The second-order valence-electron chi connectivity index (χ2n) is 7.53. The van der Waals surface area contributed by atoms with Gasteiger partial charge in [-0.2, -0.15) is 0 Å². The highest BCUT2D eigenvalue weighted by Gasteiger charge is 2.55. The highest BCUT2D eigenvalue weighted by atomic mass is 16.5. The van der Waals surface area contributed by atoms with Crippen LogP contribution in [-0.4, -0.2) is 61.6 Å². The maximum Gasteiger partial charge on any atom is 0.328 e. The van der Waals surface area contributed by atoms with Crippen LogP contribution in [0.25, 0.3) is 0 Å². The summed E-state index contributed by atoms with van der Waals surface area (Å²) in [6.07, 6.45) is 3.41. The van der Waals surface area contributed by atoms with E-state index < -0.39 is 23.5 Å². The third-order valence-electron chi connectivity index (χ3n) is 5.99. The molecule has 7 heteroatoms. The second kappa shape index (κ2) is 8.31. The minimum atomic E-state index is -0.756. The van der Waals surface area contributed by atoms with Crippen LogP contribution < -0.4 is 5.32 Å². The van der Waals surface area contributed by atoms with Crippen LogP contribution in [0.1, 0.15) is 54.4 Å². The summed E-state index contributed by atoms with van der Waals surface area (Å²) >= 11 is 0. The van der Waals surface area contributed by atoms with E-state index in [4.69, 9.17) is 9.47 Å². The lowest BCUT2D eigenvalue weighted by Crippen LogP contribution is -2.62. The summed E-state index contributed by atoms with van der Waals surface area (Å²) in [4.78, 5) is 40.3. The number of esters is 1. The van der Waals surface area contributed by atoms with Crippen molar-refractivity contribution in [2.45, 2.75) is 50.1 Å². The molecule has 1 aromatic carbocycles. The molecule has 1 aliphatic heterocycles. The number of carbonyl (C=O) groups excluding carboxylic acids is 3. The van der Waals surface area contributed by atoms with E-state index in [0.717, 1.165) is 31.2 Å². The van der Waals surface area contributed by atoms with Crippen molar-refractivity contribution in [3.8, 4) is 0 Å². The summed E-state index contributed by atoms with van der Waals surface area (Å²) in [7, 11) is 2.90. The monoisotopic (exact) mass is 388 g/mol. The average molecular weight is 388 g/mol. The van der Waals surface area contributed by atoms with Gasteiger partial charge in [-0.1, -0.05) is 31.0 Å². The van der Waals surface area contributed by atoms with Crippen molar-refractivity contribution >= 4 is 17.8 Å². The third-order valence-corrected chi connectivity index (χ3v) is 5.99. The Bertz CT molecular complexity index is 757. The number of ether oxygens (including phenoxy) is 2. The maximum absolute atomic E-state index is 13.4. The molecule has 3 rings (SSSR count). The molecule has 1 aliphatic carbocycles. The van der Waals surface area contributed by atoms with E-state index in [2.05, 4.69) is 5.32 Å². The van der Waals surface area contributed by atoms with Gasteiger partial charge in [-0.3, -0.25) is 9.59 Å². The second-order valence-corrected chi connectivity index (χ2v) is 7.53. The number of nitrogens with zero attached hydrogens (tertiary/aromatic N) is 1. The van der Waals surface area contributed by atoms with Gasteiger partial charge in [0, 0.05) is 19.2 Å². The Hall–Kier alpha value is -2.41. The van der Waals surface area contributed by atoms with Gasteiger partial charge < -0.3 is 19.7 Å². The van der Waals surface area contributed by atoms with Gasteiger partial charge in [0.05, 0.1) is 25.2 Å². The van der Waals surface area contributed by atoms with Crippen molar-refractivity contribution in [2.24, 2.45) is 0 Å². The molecule has 1 N–H and O–H groups in total. The Morgan fingerprint density at radius 3 is 2.57 bits per heavy atom. The number of hydrogen-bond acceptors (Lipinski definition) is 5. The highest BCUT2D eigenvalue weighted by Crippen LogP contribution is 2.50. The summed E-state index contributed by atoms with van der Waals surface area (Å²) in [6.45, 7) is 2.44. The van der Waals surface area contributed by atoms with Gasteiger partial charge in [-0.25, -0.2) is 4.79 Å². The summed E-state index contributed by atoms with van der Waals surface area (Å²) in [5, 5.41) is 2.80. The molecule has 1 aromatic rings. The van der Waals surface area contributed by atoms with Crippen molar-refractivity contribution in [1.29, 1.82) is 0 Å². The lowest BCUT2D eigenvalue weighted by Gasteiger charge is -2.50. The number of amides is 2. The maximum atomic E-state index is 13.4. The average Bonchev–Trinajstić information content (AvgIpc) is 3.17. The molecule has 2 atom stereocenters. The van der Waals surface area contributed by atoms with Crippen molar-refractivity contribution < 1.29 is 23.9 Å². The van der Waals surface area contributed by atoms with Gasteiger partial charge >= 0.3 is 5.97 Å². The van der Waals surface area contributed by atoms with Crippen molar-refractivity contribution in [2.75, 3.05) is 27.4 Å². The summed E-state index contributed by atoms with van der Waals surface area (Å²) in [5.74, 6) is -1.33. The smallest absolute Gasteiger partial charge is 0.328 e. The number of hydrogen-bond donors (Lipinski definition) is 1. The largest absolute Gasteiger partial charge is 0.467 e. The molecule has 1 saturated carbocycles. The first kappa shape index (κ1) is 20.3. The predicted molar refractivity (Wildman–Crippen MR) is 103 cm³/mol. The SMILES string of the molecule is COCCN1C(=O)c2ccccc2C(C(=O)N[C@@H](C)C(=O)OC)C12CCCC2.